The van der Waals surface area contributed by atoms with Gasteiger partial charge in [0.15, 0.2) is 0 Å². The van der Waals surface area contributed by atoms with E-state index in [1.807, 2.05) is 0 Å². The molecule has 0 radical (unpaired) electrons. The first-order valence-electron chi connectivity index (χ1n) is 20.6. The van der Waals surface area contributed by atoms with Gasteiger partial charge in [-0.05, 0) is 123 Å². The first kappa shape index (κ1) is 33.6. The summed E-state index contributed by atoms with van der Waals surface area (Å²) in [5.74, 6) is 0. The third-order valence-corrected chi connectivity index (χ3v) is 12.9. The summed E-state index contributed by atoms with van der Waals surface area (Å²) in [6, 6.07) is 80.8. The Morgan fingerprint density at radius 3 is 0.881 bits per heavy atom. The van der Waals surface area contributed by atoms with Gasteiger partial charge in [-0.3, -0.25) is 0 Å². The van der Waals surface area contributed by atoms with Crippen molar-refractivity contribution < 1.29 is 0 Å². The maximum Gasteiger partial charge on any atom is 0.0713 e. The molecule has 0 unspecified atom stereocenters. The zero-order chi connectivity index (χ0) is 38.9. The summed E-state index contributed by atoms with van der Waals surface area (Å²) in [6.07, 6.45) is 4.70. The molecule has 274 valence electrons. The third-order valence-electron chi connectivity index (χ3n) is 12.9. The maximum absolute atomic E-state index is 2.36. The molecule has 59 heavy (non-hydrogen) atoms. The Morgan fingerprint density at radius 2 is 0.508 bits per heavy atom. The predicted octanol–water partition coefficient (Wildman–Crippen LogP) is 14.9. The maximum atomic E-state index is 2.36. The quantitative estimate of drug-likeness (QED) is 0.165. The molecule has 9 aromatic carbocycles. The minimum Gasteiger partial charge on any atom is -0.0619 e. The summed E-state index contributed by atoms with van der Waals surface area (Å²) < 4.78 is 0. The number of hydrogen-bond acceptors (Lipinski definition) is 0. The lowest BCUT2D eigenvalue weighted by Gasteiger charge is -2.34. The number of rotatable bonds is 5. The van der Waals surface area contributed by atoms with Crippen LogP contribution in [0, 0.1) is 0 Å². The first-order chi connectivity index (χ1) is 29.3. The van der Waals surface area contributed by atoms with Gasteiger partial charge >= 0.3 is 0 Å². The van der Waals surface area contributed by atoms with Crippen molar-refractivity contribution in [2.24, 2.45) is 0 Å². The zero-order valence-corrected chi connectivity index (χ0v) is 32.4. The van der Waals surface area contributed by atoms with E-state index in [2.05, 4.69) is 231 Å². The highest BCUT2D eigenvalue weighted by Gasteiger charge is 2.45. The third kappa shape index (κ3) is 5.10. The molecule has 3 aliphatic carbocycles. The molecule has 0 bridgehead atoms. The van der Waals surface area contributed by atoms with Gasteiger partial charge in [-0.15, -0.1) is 0 Å². The Bertz CT molecular complexity index is 3030. The van der Waals surface area contributed by atoms with E-state index in [0.29, 0.717) is 0 Å². The smallest absolute Gasteiger partial charge is 0.0619 e. The number of hydrogen-bond donors (Lipinski definition) is 0. The molecule has 0 aromatic heterocycles. The fourth-order valence-electron chi connectivity index (χ4n) is 10.3. The van der Waals surface area contributed by atoms with Crippen molar-refractivity contribution in [3.63, 3.8) is 0 Å². The van der Waals surface area contributed by atoms with Gasteiger partial charge in [-0.1, -0.05) is 218 Å². The van der Waals surface area contributed by atoms with Crippen LogP contribution in [0.15, 0.2) is 218 Å². The summed E-state index contributed by atoms with van der Waals surface area (Å²) in [7, 11) is 0. The van der Waals surface area contributed by atoms with Crippen molar-refractivity contribution in [1.29, 1.82) is 0 Å². The van der Waals surface area contributed by atoms with Crippen LogP contribution in [0.1, 0.15) is 55.6 Å². The molecule has 3 aliphatic rings. The summed E-state index contributed by atoms with van der Waals surface area (Å²) in [5, 5.41) is 0. The molecule has 0 spiro atoms. The average Bonchev–Trinajstić information content (AvgIpc) is 3.91. The summed E-state index contributed by atoms with van der Waals surface area (Å²) >= 11 is 0. The van der Waals surface area contributed by atoms with Crippen molar-refractivity contribution in [3.8, 4) is 44.5 Å². The van der Waals surface area contributed by atoms with E-state index in [1.165, 1.54) is 111 Å². The van der Waals surface area contributed by atoms with Crippen LogP contribution in [0.3, 0.4) is 0 Å². The molecule has 0 atom stereocenters. The van der Waals surface area contributed by atoms with Crippen LogP contribution >= 0.6 is 0 Å². The minimum absolute atomic E-state index is 0.464. The lowest BCUT2D eigenvalue weighted by molar-refractivity contribution is 0.768. The molecule has 9 aromatic rings. The number of fused-ring (bicyclic) bond motifs is 9. The highest BCUT2D eigenvalue weighted by Crippen LogP contribution is 2.56. The van der Waals surface area contributed by atoms with E-state index in [4.69, 9.17) is 0 Å². The minimum atomic E-state index is -0.464. The molecule has 0 nitrogen and oxygen atoms in total. The lowest BCUT2D eigenvalue weighted by atomic mass is 9.67. The Balaban J connectivity index is 0.929. The van der Waals surface area contributed by atoms with Crippen molar-refractivity contribution >= 4 is 23.3 Å². The van der Waals surface area contributed by atoms with Gasteiger partial charge < -0.3 is 0 Å². The van der Waals surface area contributed by atoms with Crippen molar-refractivity contribution in [2.45, 2.75) is 5.41 Å². The predicted molar refractivity (Wildman–Crippen MR) is 247 cm³/mol. The second-order valence-electron chi connectivity index (χ2n) is 16.0. The van der Waals surface area contributed by atoms with Crippen LogP contribution in [0.4, 0.5) is 0 Å². The number of benzene rings is 9. The van der Waals surface area contributed by atoms with Crippen LogP contribution in [0.5, 0.6) is 0 Å². The molecule has 0 aliphatic heterocycles. The molecular weight excluding hydrogens is 709 g/mol. The molecule has 0 saturated carbocycles. The van der Waals surface area contributed by atoms with Crippen LogP contribution < -0.4 is 0 Å². The van der Waals surface area contributed by atoms with Gasteiger partial charge in [0, 0.05) is 0 Å². The van der Waals surface area contributed by atoms with E-state index in [0.717, 1.165) is 0 Å². The first-order valence-corrected chi connectivity index (χ1v) is 20.6. The fourth-order valence-corrected chi connectivity index (χ4v) is 10.3. The second kappa shape index (κ2) is 13.3. The molecule has 12 rings (SSSR count). The molecular formula is C59H38. The van der Waals surface area contributed by atoms with Gasteiger partial charge in [0.05, 0.1) is 5.41 Å². The largest absolute Gasteiger partial charge is 0.0713 e. The summed E-state index contributed by atoms with van der Waals surface area (Å²) in [6.45, 7) is 0. The van der Waals surface area contributed by atoms with Gasteiger partial charge in [0.2, 0.25) is 0 Å². The summed E-state index contributed by atoms with van der Waals surface area (Å²) in [5.41, 5.74) is 25.1. The van der Waals surface area contributed by atoms with Crippen LogP contribution in [-0.4, -0.2) is 0 Å². The van der Waals surface area contributed by atoms with Crippen LogP contribution in [0.25, 0.3) is 67.8 Å². The van der Waals surface area contributed by atoms with Crippen LogP contribution in [0.2, 0.25) is 0 Å². The van der Waals surface area contributed by atoms with Gasteiger partial charge in [0.1, 0.15) is 0 Å². The molecule has 0 fully saturated rings. The van der Waals surface area contributed by atoms with Crippen molar-refractivity contribution in [1.82, 2.24) is 0 Å². The fraction of sp³-hybridized carbons (Fsp3) is 0.0169. The van der Waals surface area contributed by atoms with Gasteiger partial charge in [0.25, 0.3) is 0 Å². The molecule has 0 N–H and O–H groups in total. The monoisotopic (exact) mass is 746 g/mol. The molecule has 0 heterocycles. The highest BCUT2D eigenvalue weighted by atomic mass is 14.5. The molecule has 0 saturated heterocycles. The SMILES string of the molecule is C(=C1c2ccccc2-c2ccccc21)c1ccc(-c2ccc(C3(c4ccc(C=C5c6ccccc6-c6ccccc65)cc4)c4ccccc4-c4ccccc43)cc2)cc1. The van der Waals surface area contributed by atoms with Crippen molar-refractivity contribution in [3.05, 3.63) is 274 Å². The average molecular weight is 747 g/mol. The second-order valence-corrected chi connectivity index (χ2v) is 16.0. The summed E-state index contributed by atoms with van der Waals surface area (Å²) in [4.78, 5) is 0. The van der Waals surface area contributed by atoms with Gasteiger partial charge in [-0.2, -0.15) is 0 Å². The normalized spacial score (nSPS) is 13.5. The van der Waals surface area contributed by atoms with E-state index in [-0.39, 0.29) is 0 Å². The topological polar surface area (TPSA) is 0 Å². The highest BCUT2D eigenvalue weighted by molar-refractivity contribution is 6.07. The zero-order valence-electron chi connectivity index (χ0n) is 32.4. The Kier molecular flexibility index (Phi) is 7.55. The molecule has 0 amide bonds. The lowest BCUT2D eigenvalue weighted by Crippen LogP contribution is -2.28. The van der Waals surface area contributed by atoms with Crippen molar-refractivity contribution in [2.75, 3.05) is 0 Å². The van der Waals surface area contributed by atoms with E-state index >= 15 is 0 Å². The molecule has 0 heteroatoms. The van der Waals surface area contributed by atoms with E-state index in [9.17, 15) is 0 Å². The Morgan fingerprint density at radius 1 is 0.237 bits per heavy atom. The Labute approximate surface area is 345 Å². The van der Waals surface area contributed by atoms with E-state index < -0.39 is 5.41 Å². The standard InChI is InChI=1S/C59H38/c1-5-17-49-45(13-1)46-14-2-6-18-50(46)55(49)37-39-25-29-41(30-26-39)42-31-35-44(36-32-42)59(57-23-11-9-21-53(57)54-22-10-12-24-58(54)59)43-33-27-40(28-34-43)38-56-51-19-7-3-15-47(51)48-16-4-8-20-52(48)56/h1-38H. The van der Waals surface area contributed by atoms with Crippen LogP contribution in [-0.2, 0) is 5.41 Å². The Hall–Kier alpha value is -7.54. The van der Waals surface area contributed by atoms with Gasteiger partial charge in [-0.25, -0.2) is 0 Å². The van der Waals surface area contributed by atoms with E-state index in [1.54, 1.807) is 0 Å².